The fourth-order valence-corrected chi connectivity index (χ4v) is 5.18. The Morgan fingerprint density at radius 3 is 2.73 bits per heavy atom. The Bertz CT molecular complexity index is 1160. The minimum absolute atomic E-state index is 0.134. The summed E-state index contributed by atoms with van der Waals surface area (Å²) in [6.07, 6.45) is 3.05. The molecule has 2 atom stereocenters. The zero-order valence-electron chi connectivity index (χ0n) is 17.6. The molecule has 2 aromatic heterocycles. The number of nitrogens with zero attached hydrogens (tertiary/aromatic N) is 4. The summed E-state index contributed by atoms with van der Waals surface area (Å²) >= 11 is 0. The molecule has 4 heterocycles. The van der Waals surface area contributed by atoms with Crippen molar-refractivity contribution in [2.45, 2.75) is 32.0 Å². The van der Waals surface area contributed by atoms with Crippen LogP contribution in [0.2, 0.25) is 0 Å². The van der Waals surface area contributed by atoms with Crippen molar-refractivity contribution in [1.29, 1.82) is 0 Å². The minimum Gasteiger partial charge on any atom is -0.340 e. The minimum atomic E-state index is 0.134. The number of carbonyl (C=O) groups is 1. The van der Waals surface area contributed by atoms with Gasteiger partial charge < -0.3 is 18.9 Å². The molecule has 3 aromatic rings. The first-order valence-electron chi connectivity index (χ1n) is 10.7. The van der Waals surface area contributed by atoms with Crippen molar-refractivity contribution < 1.29 is 4.79 Å². The van der Waals surface area contributed by atoms with Crippen LogP contribution in [-0.4, -0.2) is 52.0 Å². The molecule has 6 heteroatoms. The number of amides is 1. The maximum atomic E-state index is 13.1. The van der Waals surface area contributed by atoms with E-state index in [4.69, 9.17) is 0 Å². The summed E-state index contributed by atoms with van der Waals surface area (Å²) in [4.78, 5) is 30.1. The van der Waals surface area contributed by atoms with Crippen molar-refractivity contribution in [3.05, 3.63) is 70.3 Å². The van der Waals surface area contributed by atoms with Gasteiger partial charge in [-0.2, -0.15) is 0 Å². The molecule has 0 N–H and O–H groups in total. The number of para-hydroxylation sites is 1. The van der Waals surface area contributed by atoms with Crippen LogP contribution in [0.1, 0.15) is 23.6 Å². The van der Waals surface area contributed by atoms with Crippen molar-refractivity contribution in [3.8, 4) is 0 Å². The Balaban J connectivity index is 1.36. The lowest BCUT2D eigenvalue weighted by Crippen LogP contribution is -2.50. The molecule has 1 fully saturated rings. The predicted molar refractivity (Wildman–Crippen MR) is 117 cm³/mol. The van der Waals surface area contributed by atoms with Crippen LogP contribution in [0.5, 0.6) is 0 Å². The number of aromatic nitrogens is 2. The monoisotopic (exact) mass is 404 g/mol. The van der Waals surface area contributed by atoms with Crippen LogP contribution in [0.4, 0.5) is 0 Å². The molecule has 1 aromatic carbocycles. The third-order valence-corrected chi connectivity index (χ3v) is 6.51. The molecule has 0 radical (unpaired) electrons. The molecule has 2 bridgehead atoms. The summed E-state index contributed by atoms with van der Waals surface area (Å²) in [6.45, 7) is 3.16. The van der Waals surface area contributed by atoms with E-state index in [9.17, 15) is 9.59 Å². The summed E-state index contributed by atoms with van der Waals surface area (Å²) in [7, 11) is 3.96. The van der Waals surface area contributed by atoms with Crippen LogP contribution < -0.4 is 5.56 Å². The predicted octanol–water partition coefficient (Wildman–Crippen LogP) is 2.51. The number of likely N-dealkylation sites (tertiary alicyclic amines) is 1. The molecule has 0 saturated carbocycles. The lowest BCUT2D eigenvalue weighted by atomic mass is 9.83. The van der Waals surface area contributed by atoms with Crippen molar-refractivity contribution in [3.63, 3.8) is 0 Å². The molecule has 5 rings (SSSR count). The van der Waals surface area contributed by atoms with Gasteiger partial charge in [-0.1, -0.05) is 24.3 Å². The van der Waals surface area contributed by atoms with Gasteiger partial charge in [0.25, 0.3) is 5.56 Å². The molecule has 2 aliphatic heterocycles. The van der Waals surface area contributed by atoms with Crippen LogP contribution in [0.15, 0.2) is 53.5 Å². The van der Waals surface area contributed by atoms with Crippen LogP contribution in [0.25, 0.3) is 10.9 Å². The Kier molecular flexibility index (Phi) is 4.74. The Hall–Kier alpha value is -2.86. The number of benzene rings is 1. The fraction of sp³-hybridized carbons (Fsp3) is 0.417. The largest absolute Gasteiger partial charge is 0.340 e. The zero-order chi connectivity index (χ0) is 20.8. The molecular weight excluding hydrogens is 376 g/mol. The second-order valence-corrected chi connectivity index (χ2v) is 9.04. The fourth-order valence-electron chi connectivity index (χ4n) is 5.18. The van der Waals surface area contributed by atoms with Crippen LogP contribution in [-0.2, 0) is 24.4 Å². The first-order valence-corrected chi connectivity index (χ1v) is 10.7. The van der Waals surface area contributed by atoms with Crippen molar-refractivity contribution in [2.75, 3.05) is 27.2 Å². The first kappa shape index (κ1) is 19.1. The number of fused-ring (bicyclic) bond motifs is 5. The van der Waals surface area contributed by atoms with Gasteiger partial charge in [-0.05, 0) is 50.0 Å². The second kappa shape index (κ2) is 7.43. The molecule has 1 saturated heterocycles. The van der Waals surface area contributed by atoms with E-state index in [0.29, 0.717) is 32.1 Å². The molecule has 0 unspecified atom stereocenters. The standard InChI is InChI=1S/C24H28N4O2/c1-25(2)14-19-7-8-22-20-11-17(13-28(22)24(19)30)12-27(15-20)23(29)16-26-10-9-18-5-3-4-6-21(18)26/h3-10,17,20H,11-16H2,1-2H3/t17-,20+/m0/s1. The molecule has 0 spiro atoms. The van der Waals surface area contributed by atoms with Crippen LogP contribution in [0.3, 0.4) is 0 Å². The number of carbonyl (C=O) groups excluding carboxylic acids is 1. The molecule has 6 nitrogen and oxygen atoms in total. The highest BCUT2D eigenvalue weighted by Gasteiger charge is 2.36. The Morgan fingerprint density at radius 2 is 1.90 bits per heavy atom. The third kappa shape index (κ3) is 3.35. The highest BCUT2D eigenvalue weighted by atomic mass is 16.2. The summed E-state index contributed by atoms with van der Waals surface area (Å²) in [6, 6.07) is 14.3. The summed E-state index contributed by atoms with van der Waals surface area (Å²) < 4.78 is 4.01. The van der Waals surface area contributed by atoms with Gasteiger partial charge >= 0.3 is 0 Å². The van der Waals surface area contributed by atoms with Gasteiger partial charge in [0.1, 0.15) is 6.54 Å². The first-order chi connectivity index (χ1) is 14.5. The highest BCUT2D eigenvalue weighted by molar-refractivity contribution is 5.83. The average molecular weight is 405 g/mol. The van der Waals surface area contributed by atoms with Gasteiger partial charge in [0.05, 0.1) is 0 Å². The van der Waals surface area contributed by atoms with Gasteiger partial charge in [0.15, 0.2) is 0 Å². The number of piperidine rings is 1. The maximum Gasteiger partial charge on any atom is 0.255 e. The smallest absolute Gasteiger partial charge is 0.255 e. The van der Waals surface area contributed by atoms with Gasteiger partial charge in [-0.25, -0.2) is 0 Å². The van der Waals surface area contributed by atoms with Crippen molar-refractivity contribution in [2.24, 2.45) is 5.92 Å². The molecular formula is C24H28N4O2. The zero-order valence-corrected chi connectivity index (χ0v) is 17.6. The van der Waals surface area contributed by atoms with E-state index in [2.05, 4.69) is 24.3 Å². The van der Waals surface area contributed by atoms with E-state index < -0.39 is 0 Å². The van der Waals surface area contributed by atoms with Gasteiger partial charge in [0.2, 0.25) is 5.91 Å². The maximum absolute atomic E-state index is 13.1. The van der Waals surface area contributed by atoms with Gasteiger partial charge in [-0.15, -0.1) is 0 Å². The summed E-state index contributed by atoms with van der Waals surface area (Å²) in [5.74, 6) is 0.740. The molecule has 30 heavy (non-hydrogen) atoms. The molecule has 156 valence electrons. The number of pyridine rings is 1. The molecule has 2 aliphatic rings. The third-order valence-electron chi connectivity index (χ3n) is 6.51. The Morgan fingerprint density at radius 1 is 1.07 bits per heavy atom. The number of hydrogen-bond acceptors (Lipinski definition) is 3. The normalized spacial score (nSPS) is 20.6. The lowest BCUT2D eigenvalue weighted by molar-refractivity contribution is -0.134. The van der Waals surface area contributed by atoms with Crippen molar-refractivity contribution in [1.82, 2.24) is 18.9 Å². The topological polar surface area (TPSA) is 50.5 Å². The van der Waals surface area contributed by atoms with E-state index in [0.717, 1.165) is 35.1 Å². The number of rotatable bonds is 4. The second-order valence-electron chi connectivity index (χ2n) is 9.04. The van der Waals surface area contributed by atoms with Gasteiger partial charge in [0, 0.05) is 55.1 Å². The SMILES string of the molecule is CN(C)Cc1ccc2n(c1=O)C[C@H]1C[C@@H]2CN(C(=O)Cn2ccc3ccccc32)C1. The summed E-state index contributed by atoms with van der Waals surface area (Å²) in [5, 5.41) is 1.16. The van der Waals surface area contributed by atoms with E-state index >= 15 is 0 Å². The highest BCUT2D eigenvalue weighted by Crippen LogP contribution is 2.35. The lowest BCUT2D eigenvalue weighted by Gasteiger charge is -2.43. The Labute approximate surface area is 176 Å². The summed E-state index contributed by atoms with van der Waals surface area (Å²) in [5.41, 5.74) is 3.15. The van der Waals surface area contributed by atoms with E-state index in [1.807, 2.05) is 57.4 Å². The quantitative estimate of drug-likeness (QED) is 0.671. The van der Waals surface area contributed by atoms with E-state index in [1.54, 1.807) is 0 Å². The van der Waals surface area contributed by atoms with Crippen molar-refractivity contribution >= 4 is 16.8 Å². The van der Waals surface area contributed by atoms with Gasteiger partial charge in [-0.3, -0.25) is 9.59 Å². The van der Waals surface area contributed by atoms with E-state index in [1.165, 1.54) is 0 Å². The molecule has 0 aliphatic carbocycles. The molecule has 1 amide bonds. The van der Waals surface area contributed by atoms with Crippen LogP contribution >= 0.6 is 0 Å². The average Bonchev–Trinajstić information content (AvgIpc) is 3.13. The number of hydrogen-bond donors (Lipinski definition) is 0. The van der Waals surface area contributed by atoms with E-state index in [-0.39, 0.29) is 17.4 Å². The van der Waals surface area contributed by atoms with Crippen LogP contribution in [0, 0.1) is 5.92 Å².